The van der Waals surface area contributed by atoms with Gasteiger partial charge in [-0.05, 0) is 42.7 Å². The molecule has 0 radical (unpaired) electrons. The van der Waals surface area contributed by atoms with Crippen molar-refractivity contribution in [2.24, 2.45) is 0 Å². The highest BCUT2D eigenvalue weighted by molar-refractivity contribution is 7.98. The average Bonchev–Trinajstić information content (AvgIpc) is 3.24. The summed E-state index contributed by atoms with van der Waals surface area (Å²) >= 11 is 1.53. The number of nitrogens with one attached hydrogen (secondary N) is 3. The van der Waals surface area contributed by atoms with Gasteiger partial charge in [0.25, 0.3) is 5.91 Å². The van der Waals surface area contributed by atoms with E-state index < -0.39 is 10.0 Å². The molecule has 1 heterocycles. The number of benzene rings is 2. The molecule has 1 amide bonds. The number of hydrogen-bond acceptors (Lipinski definition) is 6. The molecule has 0 bridgehead atoms. The van der Waals surface area contributed by atoms with Crippen LogP contribution in [0.25, 0.3) is 0 Å². The Morgan fingerprint density at radius 1 is 1.10 bits per heavy atom. The number of aromatic nitrogens is 3. The van der Waals surface area contributed by atoms with Crippen molar-refractivity contribution in [3.05, 3.63) is 77.1 Å². The molecule has 8 nitrogen and oxygen atoms in total. The van der Waals surface area contributed by atoms with Gasteiger partial charge in [0.1, 0.15) is 6.33 Å². The van der Waals surface area contributed by atoms with Gasteiger partial charge in [-0.2, -0.15) is 5.10 Å². The molecule has 0 fully saturated rings. The first-order valence-corrected chi connectivity index (χ1v) is 12.4. The standard InChI is InChI=1S/C21H25N5O3S2/c1-15(2)26-31(28,29)13-19-6-4-3-5-18(19)11-22-20(27)17-9-7-16(8-10-17)12-30-21-23-14-24-25-21/h3-10,14-15,26H,11-13H2,1-2H3,(H,22,27)(H,23,24,25). The van der Waals surface area contributed by atoms with Gasteiger partial charge in [0, 0.05) is 23.9 Å². The lowest BCUT2D eigenvalue weighted by Crippen LogP contribution is -2.31. The average molecular weight is 460 g/mol. The van der Waals surface area contributed by atoms with Crippen molar-refractivity contribution in [2.45, 2.75) is 43.1 Å². The summed E-state index contributed by atoms with van der Waals surface area (Å²) < 4.78 is 27.1. The van der Waals surface area contributed by atoms with Gasteiger partial charge in [-0.25, -0.2) is 18.1 Å². The van der Waals surface area contributed by atoms with Crippen molar-refractivity contribution in [3.63, 3.8) is 0 Å². The number of amides is 1. The van der Waals surface area contributed by atoms with Gasteiger partial charge < -0.3 is 5.32 Å². The Balaban J connectivity index is 1.58. The normalized spacial score (nSPS) is 11.6. The van der Waals surface area contributed by atoms with E-state index in [-0.39, 0.29) is 24.2 Å². The van der Waals surface area contributed by atoms with E-state index >= 15 is 0 Å². The summed E-state index contributed by atoms with van der Waals surface area (Å²) in [5.74, 6) is 0.366. The van der Waals surface area contributed by atoms with Gasteiger partial charge in [0.05, 0.1) is 5.75 Å². The minimum absolute atomic E-state index is 0.130. The molecule has 164 valence electrons. The predicted molar refractivity (Wildman–Crippen MR) is 121 cm³/mol. The van der Waals surface area contributed by atoms with E-state index in [0.717, 1.165) is 16.3 Å². The molecule has 0 aliphatic carbocycles. The third-order valence-electron chi connectivity index (χ3n) is 4.30. The van der Waals surface area contributed by atoms with Crippen LogP contribution in [0.1, 0.15) is 40.9 Å². The molecule has 0 aliphatic heterocycles. The fraction of sp³-hybridized carbons (Fsp3) is 0.286. The number of aromatic amines is 1. The van der Waals surface area contributed by atoms with Crippen LogP contribution in [0.15, 0.2) is 60.0 Å². The van der Waals surface area contributed by atoms with Crippen LogP contribution < -0.4 is 10.0 Å². The lowest BCUT2D eigenvalue weighted by atomic mass is 10.1. The molecule has 0 saturated carbocycles. The Morgan fingerprint density at radius 3 is 2.45 bits per heavy atom. The number of H-pyrrole nitrogens is 1. The van der Waals surface area contributed by atoms with Gasteiger partial charge in [-0.1, -0.05) is 48.2 Å². The molecular weight excluding hydrogens is 434 g/mol. The fourth-order valence-corrected chi connectivity index (χ4v) is 5.15. The summed E-state index contributed by atoms with van der Waals surface area (Å²) in [6.45, 7) is 3.80. The first-order valence-electron chi connectivity index (χ1n) is 9.74. The zero-order valence-corrected chi connectivity index (χ0v) is 19.0. The van der Waals surface area contributed by atoms with Crippen molar-refractivity contribution in [3.8, 4) is 0 Å². The van der Waals surface area contributed by atoms with Gasteiger partial charge in [0.2, 0.25) is 10.0 Å². The van der Waals surface area contributed by atoms with E-state index in [0.29, 0.717) is 16.9 Å². The smallest absolute Gasteiger partial charge is 0.251 e. The van der Waals surface area contributed by atoms with Crippen LogP contribution in [0.3, 0.4) is 0 Å². The van der Waals surface area contributed by atoms with Crippen LogP contribution in [0.2, 0.25) is 0 Å². The number of rotatable bonds is 10. The fourth-order valence-electron chi connectivity index (χ4n) is 2.92. The molecule has 0 aliphatic rings. The third-order valence-corrected chi connectivity index (χ3v) is 6.77. The molecule has 3 rings (SSSR count). The van der Waals surface area contributed by atoms with Gasteiger partial charge in [-0.15, -0.1) is 0 Å². The van der Waals surface area contributed by atoms with Crippen molar-refractivity contribution in [1.82, 2.24) is 25.2 Å². The molecule has 0 unspecified atom stereocenters. The minimum atomic E-state index is -3.45. The van der Waals surface area contributed by atoms with Gasteiger partial charge >= 0.3 is 0 Å². The lowest BCUT2D eigenvalue weighted by Gasteiger charge is -2.13. The summed E-state index contributed by atoms with van der Waals surface area (Å²) in [5.41, 5.74) is 3.03. The molecule has 31 heavy (non-hydrogen) atoms. The van der Waals surface area contributed by atoms with Crippen molar-refractivity contribution < 1.29 is 13.2 Å². The molecule has 10 heteroatoms. The third kappa shape index (κ3) is 7.20. The molecule has 0 spiro atoms. The van der Waals surface area contributed by atoms with Crippen molar-refractivity contribution >= 4 is 27.7 Å². The Labute approximate surface area is 186 Å². The molecule has 0 saturated heterocycles. The van der Waals surface area contributed by atoms with E-state index in [9.17, 15) is 13.2 Å². The highest BCUT2D eigenvalue weighted by Gasteiger charge is 2.16. The summed E-state index contributed by atoms with van der Waals surface area (Å²) in [6.07, 6.45) is 1.46. The quantitative estimate of drug-likeness (QED) is 0.402. The van der Waals surface area contributed by atoms with E-state index in [1.54, 1.807) is 38.1 Å². The summed E-state index contributed by atoms with van der Waals surface area (Å²) in [5, 5.41) is 10.2. The highest BCUT2D eigenvalue weighted by Crippen LogP contribution is 2.18. The molecule has 1 aromatic heterocycles. The van der Waals surface area contributed by atoms with Crippen molar-refractivity contribution in [2.75, 3.05) is 0 Å². The number of hydrogen-bond donors (Lipinski definition) is 3. The zero-order chi connectivity index (χ0) is 22.3. The largest absolute Gasteiger partial charge is 0.348 e. The zero-order valence-electron chi connectivity index (χ0n) is 17.3. The number of carbonyl (C=O) groups is 1. The Morgan fingerprint density at radius 2 is 1.81 bits per heavy atom. The molecule has 3 aromatic rings. The SMILES string of the molecule is CC(C)NS(=O)(=O)Cc1ccccc1CNC(=O)c1ccc(CSc2ncn[nH]2)cc1. The van der Waals surface area contributed by atoms with Gasteiger partial charge in [0.15, 0.2) is 5.16 Å². The Hall–Kier alpha value is -2.69. The maximum absolute atomic E-state index is 12.5. The summed E-state index contributed by atoms with van der Waals surface area (Å²) in [4.78, 5) is 16.6. The molecule has 2 aromatic carbocycles. The maximum atomic E-state index is 12.5. The molecule has 3 N–H and O–H groups in total. The monoisotopic (exact) mass is 459 g/mol. The van der Waals surface area contributed by atoms with E-state index in [4.69, 9.17) is 0 Å². The Kier molecular flexibility index (Phi) is 7.83. The topological polar surface area (TPSA) is 117 Å². The van der Waals surface area contributed by atoms with Crippen LogP contribution in [-0.4, -0.2) is 35.5 Å². The number of thioether (sulfide) groups is 1. The van der Waals surface area contributed by atoms with E-state index in [2.05, 4.69) is 25.2 Å². The van der Waals surface area contributed by atoms with Crippen LogP contribution in [0, 0.1) is 0 Å². The van der Waals surface area contributed by atoms with Crippen LogP contribution in [-0.2, 0) is 28.1 Å². The summed E-state index contributed by atoms with van der Waals surface area (Å²) in [7, 11) is -3.45. The van der Waals surface area contributed by atoms with E-state index in [1.807, 2.05) is 24.3 Å². The summed E-state index contributed by atoms with van der Waals surface area (Å²) in [6, 6.07) is 14.4. The Bertz CT molecular complexity index is 1100. The van der Waals surface area contributed by atoms with Crippen LogP contribution in [0.4, 0.5) is 0 Å². The van der Waals surface area contributed by atoms with Crippen LogP contribution in [0.5, 0.6) is 0 Å². The second kappa shape index (κ2) is 10.6. The van der Waals surface area contributed by atoms with Crippen LogP contribution >= 0.6 is 11.8 Å². The molecular formula is C21H25N5O3S2. The van der Waals surface area contributed by atoms with Gasteiger partial charge in [-0.3, -0.25) is 9.89 Å². The number of sulfonamides is 1. The number of nitrogens with zero attached hydrogens (tertiary/aromatic N) is 2. The highest BCUT2D eigenvalue weighted by atomic mass is 32.2. The number of carbonyl (C=O) groups excluding carboxylic acids is 1. The van der Waals surface area contributed by atoms with E-state index in [1.165, 1.54) is 18.1 Å². The minimum Gasteiger partial charge on any atom is -0.348 e. The first-order chi connectivity index (χ1) is 14.8. The predicted octanol–water partition coefficient (Wildman–Crippen LogP) is 2.85. The second-order valence-corrected chi connectivity index (χ2v) is 9.98. The first kappa shape index (κ1) is 23.0. The van der Waals surface area contributed by atoms with Crippen molar-refractivity contribution in [1.29, 1.82) is 0 Å². The second-order valence-electron chi connectivity index (χ2n) is 7.26. The molecule has 0 atom stereocenters. The maximum Gasteiger partial charge on any atom is 0.251 e. The lowest BCUT2D eigenvalue weighted by molar-refractivity contribution is 0.0951.